The molecule has 0 saturated heterocycles. The lowest BCUT2D eigenvalue weighted by Crippen LogP contribution is -2.16. The molecule has 0 aromatic carbocycles. The number of aliphatic hydroxyl groups excluding tert-OH is 2. The van der Waals surface area contributed by atoms with Gasteiger partial charge in [-0.05, 0) is 12.8 Å². The molecule has 16 heavy (non-hydrogen) atoms. The van der Waals surface area contributed by atoms with E-state index in [9.17, 15) is 15.0 Å². The zero-order valence-electron chi connectivity index (χ0n) is 10.0. The van der Waals surface area contributed by atoms with Crippen LogP contribution in [-0.2, 0) is 9.47 Å². The number of hydrogen-bond donors (Lipinski definition) is 2. The average molecular weight is 234 g/mol. The van der Waals surface area contributed by atoms with Crippen LogP contribution in [-0.4, -0.2) is 41.8 Å². The molecule has 0 spiro atoms. The minimum absolute atomic E-state index is 0.157. The fourth-order valence-corrected chi connectivity index (χ4v) is 1.01. The van der Waals surface area contributed by atoms with E-state index in [0.717, 1.165) is 0 Å². The van der Waals surface area contributed by atoms with Gasteiger partial charge in [0.25, 0.3) is 0 Å². The maximum atomic E-state index is 11.0. The van der Waals surface area contributed by atoms with Crippen LogP contribution in [0.4, 0.5) is 4.79 Å². The zero-order chi connectivity index (χ0) is 12.4. The monoisotopic (exact) mass is 234 g/mol. The molecule has 0 amide bonds. The Bertz CT molecular complexity index is 165. The van der Waals surface area contributed by atoms with E-state index in [2.05, 4.69) is 0 Å². The van der Waals surface area contributed by atoms with Gasteiger partial charge in [-0.2, -0.15) is 0 Å². The second kappa shape index (κ2) is 9.42. The first-order chi connectivity index (χ1) is 7.60. The summed E-state index contributed by atoms with van der Waals surface area (Å²) in [4.78, 5) is 11.0. The van der Waals surface area contributed by atoms with E-state index in [0.29, 0.717) is 25.7 Å². The van der Waals surface area contributed by atoms with Gasteiger partial charge in [-0.3, -0.25) is 0 Å². The lowest BCUT2D eigenvalue weighted by Gasteiger charge is -2.10. The molecule has 5 heteroatoms. The Hall–Kier alpha value is -0.810. The van der Waals surface area contributed by atoms with Crippen LogP contribution in [0.2, 0.25) is 0 Å². The molecule has 0 aliphatic heterocycles. The van der Waals surface area contributed by atoms with Crippen LogP contribution in [0.5, 0.6) is 0 Å². The molecule has 2 unspecified atom stereocenters. The second-order valence-electron chi connectivity index (χ2n) is 3.65. The van der Waals surface area contributed by atoms with Crippen LogP contribution < -0.4 is 0 Å². The van der Waals surface area contributed by atoms with Crippen LogP contribution in [0.15, 0.2) is 0 Å². The predicted octanol–water partition coefficient (Wildman–Crippen LogP) is 1.46. The van der Waals surface area contributed by atoms with E-state index < -0.39 is 18.4 Å². The molecule has 0 aromatic rings. The molecular weight excluding hydrogens is 212 g/mol. The van der Waals surface area contributed by atoms with E-state index in [1.54, 1.807) is 0 Å². The van der Waals surface area contributed by atoms with E-state index in [1.807, 2.05) is 13.8 Å². The van der Waals surface area contributed by atoms with Gasteiger partial charge in [0.1, 0.15) is 0 Å². The van der Waals surface area contributed by atoms with Gasteiger partial charge in [0.15, 0.2) is 0 Å². The largest absolute Gasteiger partial charge is 0.508 e. The van der Waals surface area contributed by atoms with Crippen molar-refractivity contribution in [3.63, 3.8) is 0 Å². The average Bonchev–Trinajstić information content (AvgIpc) is 2.28. The summed E-state index contributed by atoms with van der Waals surface area (Å²) in [6.45, 7) is 4.03. The van der Waals surface area contributed by atoms with E-state index in [4.69, 9.17) is 9.47 Å². The van der Waals surface area contributed by atoms with Gasteiger partial charge in [0.2, 0.25) is 0 Å². The van der Waals surface area contributed by atoms with Gasteiger partial charge in [0.05, 0.1) is 25.4 Å². The van der Waals surface area contributed by atoms with Crippen molar-refractivity contribution in [2.45, 2.75) is 51.7 Å². The summed E-state index contributed by atoms with van der Waals surface area (Å²) < 4.78 is 9.45. The molecule has 0 aliphatic carbocycles. The Morgan fingerprint density at radius 3 is 1.69 bits per heavy atom. The maximum absolute atomic E-state index is 11.0. The molecule has 0 heterocycles. The summed E-state index contributed by atoms with van der Waals surface area (Å²) in [5.41, 5.74) is 0. The molecule has 0 aromatic heterocycles. The van der Waals surface area contributed by atoms with Crippen molar-refractivity contribution in [3.8, 4) is 0 Å². The smallest absolute Gasteiger partial charge is 0.434 e. The van der Waals surface area contributed by atoms with Crippen molar-refractivity contribution in [3.05, 3.63) is 0 Å². The summed E-state index contributed by atoms with van der Waals surface area (Å²) >= 11 is 0. The molecule has 0 radical (unpaired) electrons. The highest BCUT2D eigenvalue weighted by Crippen LogP contribution is 2.00. The van der Waals surface area contributed by atoms with Crippen molar-refractivity contribution in [1.29, 1.82) is 0 Å². The minimum atomic E-state index is -0.744. The molecule has 0 saturated carbocycles. The van der Waals surface area contributed by atoms with E-state index >= 15 is 0 Å². The number of aliphatic hydroxyl groups is 2. The second-order valence-corrected chi connectivity index (χ2v) is 3.65. The highest BCUT2D eigenvalue weighted by atomic mass is 16.7. The third-order valence-corrected chi connectivity index (χ3v) is 2.28. The van der Waals surface area contributed by atoms with Crippen molar-refractivity contribution in [2.75, 3.05) is 13.2 Å². The van der Waals surface area contributed by atoms with Gasteiger partial charge in [-0.1, -0.05) is 13.8 Å². The maximum Gasteiger partial charge on any atom is 0.508 e. The Balaban J connectivity index is 3.38. The third kappa shape index (κ3) is 8.49. The third-order valence-electron chi connectivity index (χ3n) is 2.28. The summed E-state index contributed by atoms with van der Waals surface area (Å²) in [7, 11) is 0. The minimum Gasteiger partial charge on any atom is -0.434 e. The van der Waals surface area contributed by atoms with Gasteiger partial charge in [-0.25, -0.2) is 4.79 Å². The van der Waals surface area contributed by atoms with Gasteiger partial charge >= 0.3 is 6.16 Å². The predicted molar refractivity (Wildman–Crippen MR) is 59.1 cm³/mol. The first kappa shape index (κ1) is 15.2. The van der Waals surface area contributed by atoms with Gasteiger partial charge in [-0.15, -0.1) is 0 Å². The van der Waals surface area contributed by atoms with Crippen molar-refractivity contribution in [1.82, 2.24) is 0 Å². The summed E-state index contributed by atoms with van der Waals surface area (Å²) in [5, 5.41) is 18.4. The highest BCUT2D eigenvalue weighted by molar-refractivity contribution is 5.59. The molecule has 5 nitrogen and oxygen atoms in total. The molecular formula is C11H22O5. The van der Waals surface area contributed by atoms with Crippen LogP contribution >= 0.6 is 0 Å². The topological polar surface area (TPSA) is 76.0 Å². The fourth-order valence-electron chi connectivity index (χ4n) is 1.01. The van der Waals surface area contributed by atoms with Crippen LogP contribution in [0.25, 0.3) is 0 Å². The number of ether oxygens (including phenoxy) is 2. The number of carbonyl (C=O) groups is 1. The lowest BCUT2D eigenvalue weighted by atomic mass is 10.2. The molecule has 96 valence electrons. The number of carbonyl (C=O) groups excluding carboxylic acids is 1. The molecule has 0 fully saturated rings. The van der Waals surface area contributed by atoms with Crippen molar-refractivity contribution < 1.29 is 24.5 Å². The lowest BCUT2D eigenvalue weighted by molar-refractivity contribution is 0.0330. The summed E-state index contributed by atoms with van der Waals surface area (Å²) in [6.07, 6.45) is 0.505. The Morgan fingerprint density at radius 2 is 1.38 bits per heavy atom. The van der Waals surface area contributed by atoms with Crippen molar-refractivity contribution >= 4 is 6.16 Å². The summed E-state index contributed by atoms with van der Waals surface area (Å²) in [5.74, 6) is 0. The Labute approximate surface area is 96.4 Å². The molecule has 0 rings (SSSR count). The quantitative estimate of drug-likeness (QED) is 0.622. The highest BCUT2D eigenvalue weighted by Gasteiger charge is 2.07. The van der Waals surface area contributed by atoms with E-state index in [1.165, 1.54) is 0 Å². The number of hydrogen-bond acceptors (Lipinski definition) is 5. The first-order valence-corrected chi connectivity index (χ1v) is 5.75. The Morgan fingerprint density at radius 1 is 1.00 bits per heavy atom. The first-order valence-electron chi connectivity index (χ1n) is 5.75. The fraction of sp³-hybridized carbons (Fsp3) is 0.909. The number of rotatable bonds is 8. The van der Waals surface area contributed by atoms with Crippen LogP contribution in [0.3, 0.4) is 0 Å². The molecule has 2 atom stereocenters. The SMILES string of the molecule is CCC(O)CCOC(=O)OCCC(O)CC. The molecule has 0 aliphatic rings. The normalized spacial score (nSPS) is 14.2. The standard InChI is InChI=1S/C11H22O5/c1-3-9(12)5-7-15-11(14)16-8-6-10(13)4-2/h9-10,12-13H,3-8H2,1-2H3. The van der Waals surface area contributed by atoms with E-state index in [-0.39, 0.29) is 13.2 Å². The Kier molecular flexibility index (Phi) is 8.94. The van der Waals surface area contributed by atoms with Crippen LogP contribution in [0, 0.1) is 0 Å². The van der Waals surface area contributed by atoms with Crippen molar-refractivity contribution in [2.24, 2.45) is 0 Å². The molecule has 0 bridgehead atoms. The molecule has 2 N–H and O–H groups in total. The van der Waals surface area contributed by atoms with Gasteiger partial charge in [0, 0.05) is 12.8 Å². The van der Waals surface area contributed by atoms with Gasteiger partial charge < -0.3 is 19.7 Å². The summed E-state index contributed by atoms with van der Waals surface area (Å²) in [6, 6.07) is 0. The van der Waals surface area contributed by atoms with Crippen LogP contribution in [0.1, 0.15) is 39.5 Å². The zero-order valence-corrected chi connectivity index (χ0v) is 10.0.